The third-order valence-corrected chi connectivity index (χ3v) is 2.78. The molecule has 2 rings (SSSR count). The molecule has 0 unspecified atom stereocenters. The van der Waals surface area contributed by atoms with Crippen LogP contribution in [0.25, 0.3) is 11.3 Å². The predicted molar refractivity (Wildman–Crippen MR) is 68.6 cm³/mol. The van der Waals surface area contributed by atoms with Crippen LogP contribution in [0.1, 0.15) is 11.1 Å². The Morgan fingerprint density at radius 1 is 1.29 bits per heavy atom. The van der Waals surface area contributed by atoms with E-state index in [1.807, 2.05) is 6.07 Å². The average molecular weight is 231 g/mol. The summed E-state index contributed by atoms with van der Waals surface area (Å²) in [5.41, 5.74) is 10.2. The lowest BCUT2D eigenvalue weighted by Crippen LogP contribution is -2.07. The van der Waals surface area contributed by atoms with E-state index in [1.165, 1.54) is 11.1 Å². The molecular formula is C13H17N3O. The van der Waals surface area contributed by atoms with Crippen LogP contribution in [-0.4, -0.2) is 21.5 Å². The van der Waals surface area contributed by atoms with E-state index < -0.39 is 0 Å². The van der Waals surface area contributed by atoms with E-state index >= 15 is 0 Å². The summed E-state index contributed by atoms with van der Waals surface area (Å²) in [6, 6.07) is 8.07. The lowest BCUT2D eigenvalue weighted by atomic mass is 10.0. The molecule has 0 amide bonds. The highest BCUT2D eigenvalue weighted by molar-refractivity contribution is 5.66. The second-order valence-electron chi connectivity index (χ2n) is 4.22. The Morgan fingerprint density at radius 3 is 2.71 bits per heavy atom. The molecule has 0 saturated heterocycles. The molecule has 0 aliphatic rings. The lowest BCUT2D eigenvalue weighted by molar-refractivity contribution is 0.270. The van der Waals surface area contributed by atoms with Crippen LogP contribution >= 0.6 is 0 Å². The highest BCUT2D eigenvalue weighted by atomic mass is 16.3. The molecular weight excluding hydrogens is 214 g/mol. The summed E-state index contributed by atoms with van der Waals surface area (Å²) in [7, 11) is 0. The smallest absolute Gasteiger partial charge is 0.122 e. The van der Waals surface area contributed by atoms with Gasteiger partial charge in [-0.15, -0.1) is 0 Å². The van der Waals surface area contributed by atoms with Gasteiger partial charge in [0.05, 0.1) is 18.8 Å². The summed E-state index contributed by atoms with van der Waals surface area (Å²) in [5.74, 6) is 0.578. The summed E-state index contributed by atoms with van der Waals surface area (Å²) in [4.78, 5) is 0. The number of nitrogen functional groups attached to an aromatic ring is 1. The predicted octanol–water partition coefficient (Wildman–Crippen LogP) is 1.74. The van der Waals surface area contributed by atoms with Crippen molar-refractivity contribution in [3.05, 3.63) is 35.4 Å². The minimum Gasteiger partial charge on any atom is -0.394 e. The number of aryl methyl sites for hydroxylation is 2. The molecule has 2 aromatic rings. The molecule has 0 bridgehead atoms. The monoisotopic (exact) mass is 231 g/mol. The molecule has 90 valence electrons. The average Bonchev–Trinajstić information content (AvgIpc) is 2.60. The molecule has 3 N–H and O–H groups in total. The molecule has 4 heteroatoms. The van der Waals surface area contributed by atoms with Crippen molar-refractivity contribution in [1.82, 2.24) is 9.78 Å². The molecule has 1 aromatic carbocycles. The van der Waals surface area contributed by atoms with Gasteiger partial charge < -0.3 is 10.8 Å². The van der Waals surface area contributed by atoms with Gasteiger partial charge >= 0.3 is 0 Å². The third kappa shape index (κ3) is 2.31. The van der Waals surface area contributed by atoms with E-state index in [0.29, 0.717) is 12.4 Å². The molecule has 17 heavy (non-hydrogen) atoms. The maximum Gasteiger partial charge on any atom is 0.122 e. The minimum absolute atomic E-state index is 0.0399. The van der Waals surface area contributed by atoms with Crippen molar-refractivity contribution in [1.29, 1.82) is 0 Å². The molecule has 1 heterocycles. The summed E-state index contributed by atoms with van der Waals surface area (Å²) < 4.78 is 1.62. The Morgan fingerprint density at radius 2 is 2.06 bits per heavy atom. The van der Waals surface area contributed by atoms with Gasteiger partial charge in [0.25, 0.3) is 0 Å². The number of benzene rings is 1. The number of hydrogen-bond acceptors (Lipinski definition) is 3. The maximum atomic E-state index is 8.90. The molecule has 0 atom stereocenters. The van der Waals surface area contributed by atoms with Crippen molar-refractivity contribution >= 4 is 5.82 Å². The number of aliphatic hydroxyl groups excluding tert-OH is 1. The summed E-state index contributed by atoms with van der Waals surface area (Å²) >= 11 is 0. The largest absolute Gasteiger partial charge is 0.394 e. The molecule has 0 aliphatic carbocycles. The van der Waals surface area contributed by atoms with E-state index in [4.69, 9.17) is 10.8 Å². The van der Waals surface area contributed by atoms with Crippen LogP contribution in [0.5, 0.6) is 0 Å². The van der Waals surface area contributed by atoms with Gasteiger partial charge in [0.2, 0.25) is 0 Å². The summed E-state index contributed by atoms with van der Waals surface area (Å²) in [6.07, 6.45) is 0. The van der Waals surface area contributed by atoms with Gasteiger partial charge in [-0.25, -0.2) is 4.68 Å². The van der Waals surface area contributed by atoms with Gasteiger partial charge in [-0.3, -0.25) is 0 Å². The summed E-state index contributed by atoms with van der Waals surface area (Å²) in [5, 5.41) is 13.3. The summed E-state index contributed by atoms with van der Waals surface area (Å²) in [6.45, 7) is 4.59. The molecule has 0 fully saturated rings. The van der Waals surface area contributed by atoms with Gasteiger partial charge in [-0.05, 0) is 19.4 Å². The van der Waals surface area contributed by atoms with Crippen LogP contribution < -0.4 is 5.73 Å². The van der Waals surface area contributed by atoms with Gasteiger partial charge in [-0.2, -0.15) is 5.10 Å². The first-order valence-corrected chi connectivity index (χ1v) is 5.63. The fourth-order valence-corrected chi connectivity index (χ4v) is 1.94. The number of hydrogen-bond donors (Lipinski definition) is 2. The zero-order chi connectivity index (χ0) is 12.4. The Bertz CT molecular complexity index is 531. The molecule has 0 spiro atoms. The lowest BCUT2D eigenvalue weighted by Gasteiger charge is -2.03. The Balaban J connectivity index is 2.42. The topological polar surface area (TPSA) is 64.1 Å². The standard InChI is InChI=1S/C13H17N3O/c1-9-3-4-11(10(2)7-9)12-8-13(14)16(15-12)5-6-17/h3-4,7-8,17H,5-6,14H2,1-2H3. The number of rotatable bonds is 3. The van der Waals surface area contributed by atoms with Crippen molar-refractivity contribution in [2.75, 3.05) is 12.3 Å². The maximum absolute atomic E-state index is 8.90. The van der Waals surface area contributed by atoms with Crippen LogP contribution in [0.15, 0.2) is 24.3 Å². The van der Waals surface area contributed by atoms with Crippen LogP contribution in [0.3, 0.4) is 0 Å². The highest BCUT2D eigenvalue weighted by Crippen LogP contribution is 2.24. The van der Waals surface area contributed by atoms with E-state index in [-0.39, 0.29) is 6.61 Å². The second-order valence-corrected chi connectivity index (χ2v) is 4.22. The number of aromatic nitrogens is 2. The van der Waals surface area contributed by atoms with E-state index in [0.717, 1.165) is 11.3 Å². The van der Waals surface area contributed by atoms with Gasteiger partial charge in [-0.1, -0.05) is 23.8 Å². The quantitative estimate of drug-likeness (QED) is 0.845. The normalized spacial score (nSPS) is 10.8. The zero-order valence-corrected chi connectivity index (χ0v) is 10.1. The minimum atomic E-state index is 0.0399. The van der Waals surface area contributed by atoms with Crippen molar-refractivity contribution in [2.24, 2.45) is 0 Å². The van der Waals surface area contributed by atoms with Crippen LogP contribution in [-0.2, 0) is 6.54 Å². The van der Waals surface area contributed by atoms with Crippen LogP contribution in [0.2, 0.25) is 0 Å². The van der Waals surface area contributed by atoms with E-state index in [9.17, 15) is 0 Å². The molecule has 0 radical (unpaired) electrons. The SMILES string of the molecule is Cc1ccc(-c2cc(N)n(CCO)n2)c(C)c1. The molecule has 0 aliphatic heterocycles. The van der Waals surface area contributed by atoms with Crippen molar-refractivity contribution in [3.8, 4) is 11.3 Å². The van der Waals surface area contributed by atoms with Crippen molar-refractivity contribution in [3.63, 3.8) is 0 Å². The second kappa shape index (κ2) is 4.59. The number of aliphatic hydroxyl groups is 1. The Kier molecular flexibility index (Phi) is 3.15. The fourth-order valence-electron chi connectivity index (χ4n) is 1.94. The first-order valence-electron chi connectivity index (χ1n) is 5.63. The van der Waals surface area contributed by atoms with E-state index in [1.54, 1.807) is 4.68 Å². The Labute approximate surface area is 101 Å². The third-order valence-electron chi connectivity index (χ3n) is 2.78. The van der Waals surface area contributed by atoms with E-state index in [2.05, 4.69) is 37.1 Å². The number of anilines is 1. The van der Waals surface area contributed by atoms with Crippen LogP contribution in [0, 0.1) is 13.8 Å². The Hall–Kier alpha value is -1.81. The first-order chi connectivity index (χ1) is 8.11. The van der Waals surface area contributed by atoms with Crippen LogP contribution in [0.4, 0.5) is 5.82 Å². The number of nitrogens with two attached hydrogens (primary N) is 1. The van der Waals surface area contributed by atoms with Crippen molar-refractivity contribution in [2.45, 2.75) is 20.4 Å². The zero-order valence-electron chi connectivity index (χ0n) is 10.1. The molecule has 1 aromatic heterocycles. The van der Waals surface area contributed by atoms with Crippen molar-refractivity contribution < 1.29 is 5.11 Å². The highest BCUT2D eigenvalue weighted by Gasteiger charge is 2.08. The fraction of sp³-hybridized carbons (Fsp3) is 0.308. The molecule has 0 saturated carbocycles. The first kappa shape index (κ1) is 11.7. The van der Waals surface area contributed by atoms with Gasteiger partial charge in [0.1, 0.15) is 5.82 Å². The number of nitrogens with zero attached hydrogens (tertiary/aromatic N) is 2. The molecule has 4 nitrogen and oxygen atoms in total. The van der Waals surface area contributed by atoms with Gasteiger partial charge in [0.15, 0.2) is 0 Å². The van der Waals surface area contributed by atoms with Gasteiger partial charge in [0, 0.05) is 11.6 Å².